The lowest BCUT2D eigenvalue weighted by molar-refractivity contribution is -0.384. The minimum Gasteiger partial charge on any atom is -0.506 e. The fourth-order valence-electron chi connectivity index (χ4n) is 2.34. The van der Waals surface area contributed by atoms with E-state index >= 15 is 0 Å². The van der Waals surface area contributed by atoms with Crippen LogP contribution in [0.15, 0.2) is 58.7 Å². The Morgan fingerprint density at radius 2 is 2.00 bits per heavy atom. The number of aromatic hydroxyl groups is 1. The number of aliphatic hydroxyl groups excluding tert-OH is 1. The molecule has 3 rings (SSSR count). The summed E-state index contributed by atoms with van der Waals surface area (Å²) >= 11 is 0. The zero-order chi connectivity index (χ0) is 18.0. The number of nitrogens with one attached hydrogen (secondary N) is 1. The summed E-state index contributed by atoms with van der Waals surface area (Å²) in [4.78, 5) is 10.2. The summed E-state index contributed by atoms with van der Waals surface area (Å²) in [6, 6.07) is 12.6. The highest BCUT2D eigenvalue weighted by Crippen LogP contribution is 2.28. The van der Waals surface area contributed by atoms with Crippen molar-refractivity contribution in [2.75, 3.05) is 10.4 Å². The number of benzene rings is 2. The number of hydrogen-bond acceptors (Lipinski definition) is 8. The number of anilines is 2. The number of nitro groups is 1. The lowest BCUT2D eigenvalue weighted by atomic mass is 10.2. The van der Waals surface area contributed by atoms with E-state index in [9.17, 15) is 20.3 Å². The topological polar surface area (TPSA) is 124 Å². The van der Waals surface area contributed by atoms with Gasteiger partial charge in [-0.05, 0) is 25.1 Å². The monoisotopic (exact) mass is 341 g/mol. The van der Waals surface area contributed by atoms with Gasteiger partial charge in [0.2, 0.25) is 0 Å². The zero-order valence-corrected chi connectivity index (χ0v) is 13.2. The van der Waals surface area contributed by atoms with E-state index in [4.69, 9.17) is 0 Å². The second-order valence-electron chi connectivity index (χ2n) is 5.31. The SMILES string of the molecule is CC1=NN(c2ccccc2)C(O)C1=NNc1cc([N+](=O)[O-])ccc1O. The first kappa shape index (κ1) is 16.4. The van der Waals surface area contributed by atoms with Gasteiger partial charge in [-0.15, -0.1) is 0 Å². The molecule has 0 amide bonds. The van der Waals surface area contributed by atoms with Gasteiger partial charge in [-0.1, -0.05) is 18.2 Å². The van der Waals surface area contributed by atoms with Crippen LogP contribution >= 0.6 is 0 Å². The Labute approximate surface area is 142 Å². The van der Waals surface area contributed by atoms with Gasteiger partial charge in [-0.3, -0.25) is 15.5 Å². The van der Waals surface area contributed by atoms with Gasteiger partial charge >= 0.3 is 0 Å². The van der Waals surface area contributed by atoms with Gasteiger partial charge in [0.15, 0.2) is 6.23 Å². The maximum Gasteiger partial charge on any atom is 0.271 e. The van der Waals surface area contributed by atoms with Crippen molar-refractivity contribution in [1.29, 1.82) is 0 Å². The third kappa shape index (κ3) is 3.26. The molecule has 0 saturated heterocycles. The predicted octanol–water partition coefficient (Wildman–Crippen LogP) is 2.28. The van der Waals surface area contributed by atoms with Gasteiger partial charge in [-0.25, -0.2) is 5.01 Å². The van der Waals surface area contributed by atoms with E-state index in [2.05, 4.69) is 15.6 Å². The van der Waals surface area contributed by atoms with Crippen molar-refractivity contribution < 1.29 is 15.1 Å². The fourth-order valence-corrected chi connectivity index (χ4v) is 2.34. The van der Waals surface area contributed by atoms with Crippen molar-refractivity contribution >= 4 is 28.5 Å². The number of phenols is 1. The molecule has 25 heavy (non-hydrogen) atoms. The Kier molecular flexibility index (Phi) is 4.31. The number of hydrogen-bond donors (Lipinski definition) is 3. The van der Waals surface area contributed by atoms with E-state index < -0.39 is 11.2 Å². The van der Waals surface area contributed by atoms with Gasteiger partial charge < -0.3 is 10.2 Å². The van der Waals surface area contributed by atoms with Crippen LogP contribution in [-0.2, 0) is 0 Å². The second-order valence-corrected chi connectivity index (χ2v) is 5.31. The van der Waals surface area contributed by atoms with Crippen molar-refractivity contribution in [2.45, 2.75) is 13.2 Å². The molecule has 0 aromatic heterocycles. The minimum atomic E-state index is -1.12. The van der Waals surface area contributed by atoms with Crippen LogP contribution in [0.4, 0.5) is 17.1 Å². The van der Waals surface area contributed by atoms with Crippen LogP contribution < -0.4 is 10.4 Å². The molecule has 0 radical (unpaired) electrons. The quantitative estimate of drug-likeness (QED) is 0.445. The summed E-state index contributed by atoms with van der Waals surface area (Å²) in [6.07, 6.45) is -1.12. The standard InChI is InChI=1S/C16H15N5O4/c1-10-15(16(23)20(19-10)11-5-3-2-4-6-11)18-17-13-9-12(21(24)25)7-8-14(13)22/h2-9,16-17,22-23H,1H3. The number of nitrogens with zero attached hydrogens (tertiary/aromatic N) is 4. The molecule has 1 aliphatic rings. The molecule has 128 valence electrons. The van der Waals surface area contributed by atoms with Crippen molar-refractivity contribution in [2.24, 2.45) is 10.2 Å². The first-order chi connectivity index (χ1) is 12.0. The Morgan fingerprint density at radius 3 is 2.68 bits per heavy atom. The van der Waals surface area contributed by atoms with Crippen molar-refractivity contribution in [1.82, 2.24) is 0 Å². The maximum absolute atomic E-state index is 10.8. The van der Waals surface area contributed by atoms with Gasteiger partial charge in [0, 0.05) is 12.1 Å². The molecule has 3 N–H and O–H groups in total. The number of phenolic OH excluding ortho intramolecular Hbond substituents is 1. The normalized spacial score (nSPS) is 18.3. The summed E-state index contributed by atoms with van der Waals surface area (Å²) in [5.74, 6) is -0.197. The molecule has 0 aliphatic carbocycles. The number of hydrazone groups is 2. The summed E-state index contributed by atoms with van der Waals surface area (Å²) in [6.45, 7) is 1.68. The van der Waals surface area contributed by atoms with Crippen molar-refractivity contribution in [3.05, 3.63) is 58.6 Å². The molecular formula is C16H15N5O4. The van der Waals surface area contributed by atoms with Gasteiger partial charge in [0.25, 0.3) is 5.69 Å². The average molecular weight is 341 g/mol. The van der Waals surface area contributed by atoms with Crippen LogP contribution in [-0.4, -0.2) is 32.8 Å². The van der Waals surface area contributed by atoms with E-state index in [0.29, 0.717) is 11.4 Å². The van der Waals surface area contributed by atoms with Crippen LogP contribution in [0.1, 0.15) is 6.92 Å². The Balaban J connectivity index is 1.84. The fraction of sp³-hybridized carbons (Fsp3) is 0.125. The Hall–Kier alpha value is -3.46. The smallest absolute Gasteiger partial charge is 0.271 e. The largest absolute Gasteiger partial charge is 0.506 e. The first-order valence-electron chi connectivity index (χ1n) is 7.36. The van der Waals surface area contributed by atoms with Crippen LogP contribution in [0, 0.1) is 10.1 Å². The van der Waals surface area contributed by atoms with Crippen molar-refractivity contribution in [3.8, 4) is 5.75 Å². The highest BCUT2D eigenvalue weighted by molar-refractivity contribution is 6.45. The second kappa shape index (κ2) is 6.57. The summed E-state index contributed by atoms with van der Waals surface area (Å²) in [5.41, 5.74) is 3.83. The number of rotatable bonds is 4. The third-order valence-corrected chi connectivity index (χ3v) is 3.61. The maximum atomic E-state index is 10.8. The molecule has 2 aromatic rings. The number of non-ortho nitro benzene ring substituents is 1. The molecule has 1 heterocycles. The minimum absolute atomic E-state index is 0.0554. The van der Waals surface area contributed by atoms with E-state index in [1.165, 1.54) is 17.1 Å². The molecule has 0 fully saturated rings. The predicted molar refractivity (Wildman–Crippen MR) is 93.9 cm³/mol. The molecule has 9 nitrogen and oxygen atoms in total. The third-order valence-electron chi connectivity index (χ3n) is 3.61. The number of aliphatic hydroxyl groups is 1. The van der Waals surface area contributed by atoms with E-state index in [1.54, 1.807) is 19.1 Å². The van der Waals surface area contributed by atoms with Crippen LogP contribution in [0.5, 0.6) is 5.75 Å². The molecule has 0 saturated carbocycles. The molecule has 1 unspecified atom stereocenters. The lowest BCUT2D eigenvalue weighted by Crippen LogP contribution is -2.33. The van der Waals surface area contributed by atoms with E-state index in [0.717, 1.165) is 6.07 Å². The lowest BCUT2D eigenvalue weighted by Gasteiger charge is -2.18. The van der Waals surface area contributed by atoms with E-state index in [-0.39, 0.29) is 22.8 Å². The van der Waals surface area contributed by atoms with Gasteiger partial charge in [-0.2, -0.15) is 10.2 Å². The summed E-state index contributed by atoms with van der Waals surface area (Å²) in [5, 5.41) is 40.8. The highest BCUT2D eigenvalue weighted by Gasteiger charge is 2.30. The molecule has 0 spiro atoms. The molecule has 1 atom stereocenters. The summed E-state index contributed by atoms with van der Waals surface area (Å²) in [7, 11) is 0. The number of para-hydroxylation sites is 1. The van der Waals surface area contributed by atoms with Gasteiger partial charge in [0.1, 0.15) is 17.1 Å². The molecule has 0 bridgehead atoms. The molecule has 9 heteroatoms. The van der Waals surface area contributed by atoms with Gasteiger partial charge in [0.05, 0.1) is 16.3 Å². The molecule has 1 aliphatic heterocycles. The van der Waals surface area contributed by atoms with Crippen molar-refractivity contribution in [3.63, 3.8) is 0 Å². The van der Waals surface area contributed by atoms with Crippen LogP contribution in [0.2, 0.25) is 0 Å². The van der Waals surface area contributed by atoms with Crippen LogP contribution in [0.3, 0.4) is 0 Å². The highest BCUT2D eigenvalue weighted by atomic mass is 16.6. The number of nitro benzene ring substituents is 1. The first-order valence-corrected chi connectivity index (χ1v) is 7.36. The zero-order valence-electron chi connectivity index (χ0n) is 13.2. The Morgan fingerprint density at radius 1 is 1.28 bits per heavy atom. The van der Waals surface area contributed by atoms with E-state index in [1.807, 2.05) is 18.2 Å². The summed E-state index contributed by atoms with van der Waals surface area (Å²) < 4.78 is 0. The Bertz CT molecular complexity index is 866. The average Bonchev–Trinajstić information content (AvgIpc) is 2.89. The molecule has 2 aromatic carbocycles. The van der Waals surface area contributed by atoms with Crippen LogP contribution in [0.25, 0.3) is 0 Å². The molecular weight excluding hydrogens is 326 g/mol.